The summed E-state index contributed by atoms with van der Waals surface area (Å²) >= 11 is 0. The third kappa shape index (κ3) is 7.41. The van der Waals surface area contributed by atoms with E-state index < -0.39 is 10.0 Å². The molecule has 0 atom stereocenters. The number of nitrogens with two attached hydrogens (primary N) is 1. The van der Waals surface area contributed by atoms with Crippen LogP contribution in [0.5, 0.6) is 0 Å². The van der Waals surface area contributed by atoms with Gasteiger partial charge < -0.3 is 10.6 Å². The Morgan fingerprint density at radius 2 is 1.72 bits per heavy atom. The molecular formula is C17H23IN4O2S. The van der Waals surface area contributed by atoms with Crippen LogP contribution in [0.2, 0.25) is 0 Å². The highest BCUT2D eigenvalue weighted by Crippen LogP contribution is 2.10. The fourth-order valence-corrected chi connectivity index (χ4v) is 2.70. The molecule has 0 spiro atoms. The van der Waals surface area contributed by atoms with Crippen molar-refractivity contribution in [2.45, 2.75) is 24.9 Å². The number of nitrogens with one attached hydrogen (secondary N) is 2. The molecule has 8 heteroatoms. The van der Waals surface area contributed by atoms with Gasteiger partial charge in [-0.15, -0.1) is 24.0 Å². The van der Waals surface area contributed by atoms with Crippen LogP contribution in [0.3, 0.4) is 0 Å². The standard InChI is InChI=1S/C17H22N4O2S.HI/c1-2-19-17(20-12-14-7-4-3-5-8-14)21-13-15-9-6-10-16(11-15)24(18,22)23;/h3-11H,2,12-13H2,1H3,(H2,18,22,23)(H2,19,20,21);1H. The molecule has 0 saturated heterocycles. The van der Waals surface area contributed by atoms with Gasteiger partial charge in [-0.3, -0.25) is 0 Å². The average Bonchev–Trinajstić information content (AvgIpc) is 2.58. The second kappa shape index (κ2) is 10.4. The van der Waals surface area contributed by atoms with E-state index in [4.69, 9.17) is 5.14 Å². The molecule has 6 nitrogen and oxygen atoms in total. The van der Waals surface area contributed by atoms with Crippen LogP contribution in [-0.2, 0) is 23.1 Å². The molecule has 2 aromatic rings. The summed E-state index contributed by atoms with van der Waals surface area (Å²) in [5.74, 6) is 0.669. The van der Waals surface area contributed by atoms with E-state index in [0.717, 1.165) is 17.7 Å². The van der Waals surface area contributed by atoms with Crippen LogP contribution in [-0.4, -0.2) is 20.9 Å². The molecule has 0 fully saturated rings. The van der Waals surface area contributed by atoms with Gasteiger partial charge in [-0.2, -0.15) is 0 Å². The molecule has 0 radical (unpaired) electrons. The Bertz CT molecular complexity index is 795. The normalized spacial score (nSPS) is 11.5. The van der Waals surface area contributed by atoms with E-state index >= 15 is 0 Å². The number of hydrogen-bond acceptors (Lipinski definition) is 3. The fraction of sp³-hybridized carbons (Fsp3) is 0.235. The lowest BCUT2D eigenvalue weighted by molar-refractivity contribution is 0.597. The summed E-state index contributed by atoms with van der Waals surface area (Å²) in [6.45, 7) is 3.73. The minimum Gasteiger partial charge on any atom is -0.357 e. The highest BCUT2D eigenvalue weighted by Gasteiger charge is 2.07. The van der Waals surface area contributed by atoms with Crippen molar-refractivity contribution in [3.63, 3.8) is 0 Å². The first-order valence-electron chi connectivity index (χ1n) is 7.67. The number of hydrogen-bond donors (Lipinski definition) is 3. The van der Waals surface area contributed by atoms with Gasteiger partial charge in [0.25, 0.3) is 0 Å². The molecule has 0 aromatic heterocycles. The van der Waals surface area contributed by atoms with Crippen LogP contribution in [0, 0.1) is 0 Å². The van der Waals surface area contributed by atoms with Crippen LogP contribution in [0.25, 0.3) is 0 Å². The molecule has 0 bridgehead atoms. The van der Waals surface area contributed by atoms with Crippen molar-refractivity contribution in [3.05, 3.63) is 65.7 Å². The number of benzene rings is 2. The smallest absolute Gasteiger partial charge is 0.238 e. The Labute approximate surface area is 166 Å². The van der Waals surface area contributed by atoms with E-state index in [0.29, 0.717) is 19.0 Å². The topological polar surface area (TPSA) is 96.6 Å². The van der Waals surface area contributed by atoms with Crippen molar-refractivity contribution in [2.24, 2.45) is 10.1 Å². The molecule has 0 aliphatic rings. The lowest BCUT2D eigenvalue weighted by Gasteiger charge is -2.11. The molecular weight excluding hydrogens is 451 g/mol. The van der Waals surface area contributed by atoms with Crippen LogP contribution in [0.15, 0.2) is 64.5 Å². The van der Waals surface area contributed by atoms with E-state index in [1.54, 1.807) is 12.1 Å². The molecule has 0 aliphatic heterocycles. The van der Waals surface area contributed by atoms with Gasteiger partial charge in [0.1, 0.15) is 0 Å². The Balaban J connectivity index is 0.00000312. The zero-order chi connectivity index (χ0) is 17.4. The summed E-state index contributed by atoms with van der Waals surface area (Å²) < 4.78 is 22.8. The van der Waals surface area contributed by atoms with E-state index in [-0.39, 0.29) is 28.9 Å². The number of aliphatic imine (C=N–C) groups is 1. The van der Waals surface area contributed by atoms with Gasteiger partial charge in [0.15, 0.2) is 5.96 Å². The molecule has 136 valence electrons. The molecule has 0 unspecified atom stereocenters. The number of rotatable bonds is 6. The highest BCUT2D eigenvalue weighted by atomic mass is 127. The SMILES string of the molecule is CCNC(=NCc1cccc(S(N)(=O)=O)c1)NCc1ccccc1.I. The van der Waals surface area contributed by atoms with Gasteiger partial charge in [0.2, 0.25) is 10.0 Å². The second-order valence-corrected chi connectivity index (χ2v) is 6.79. The van der Waals surface area contributed by atoms with E-state index in [1.165, 1.54) is 6.07 Å². The van der Waals surface area contributed by atoms with Crippen molar-refractivity contribution in [2.75, 3.05) is 6.54 Å². The van der Waals surface area contributed by atoms with E-state index in [1.807, 2.05) is 43.3 Å². The third-order valence-electron chi connectivity index (χ3n) is 3.29. The Morgan fingerprint density at radius 1 is 1.04 bits per heavy atom. The van der Waals surface area contributed by atoms with Crippen molar-refractivity contribution < 1.29 is 8.42 Å². The fourth-order valence-electron chi connectivity index (χ4n) is 2.11. The highest BCUT2D eigenvalue weighted by molar-refractivity contribution is 14.0. The van der Waals surface area contributed by atoms with Gasteiger partial charge >= 0.3 is 0 Å². The minimum absolute atomic E-state index is 0. The molecule has 2 rings (SSSR count). The van der Waals surface area contributed by atoms with E-state index in [9.17, 15) is 8.42 Å². The predicted molar refractivity (Wildman–Crippen MR) is 111 cm³/mol. The number of nitrogens with zero attached hydrogens (tertiary/aromatic N) is 1. The summed E-state index contributed by atoms with van der Waals surface area (Å²) in [5, 5.41) is 11.6. The van der Waals surface area contributed by atoms with Gasteiger partial charge in [0, 0.05) is 13.1 Å². The van der Waals surface area contributed by atoms with E-state index in [2.05, 4.69) is 15.6 Å². The number of halogens is 1. The summed E-state index contributed by atoms with van der Waals surface area (Å²) in [7, 11) is -3.70. The first-order chi connectivity index (χ1) is 11.5. The maximum atomic E-state index is 11.4. The van der Waals surface area contributed by atoms with Gasteiger partial charge in [-0.05, 0) is 30.2 Å². The number of sulfonamides is 1. The minimum atomic E-state index is -3.70. The lowest BCUT2D eigenvalue weighted by atomic mass is 10.2. The molecule has 0 amide bonds. The van der Waals surface area contributed by atoms with Gasteiger partial charge in [0.05, 0.1) is 11.4 Å². The van der Waals surface area contributed by atoms with Crippen molar-refractivity contribution in [3.8, 4) is 0 Å². The lowest BCUT2D eigenvalue weighted by Crippen LogP contribution is -2.36. The molecule has 0 aliphatic carbocycles. The second-order valence-electron chi connectivity index (χ2n) is 5.23. The molecule has 25 heavy (non-hydrogen) atoms. The number of guanidine groups is 1. The van der Waals surface area contributed by atoms with Gasteiger partial charge in [-0.25, -0.2) is 18.5 Å². The predicted octanol–water partition coefficient (Wildman–Crippen LogP) is 2.21. The van der Waals surface area contributed by atoms with Crippen LogP contribution in [0.4, 0.5) is 0 Å². The summed E-state index contributed by atoms with van der Waals surface area (Å²) in [6, 6.07) is 16.5. The largest absolute Gasteiger partial charge is 0.357 e. The Kier molecular flexibility index (Phi) is 8.87. The maximum absolute atomic E-state index is 11.4. The molecule has 0 heterocycles. The molecule has 2 aromatic carbocycles. The zero-order valence-electron chi connectivity index (χ0n) is 14.0. The Morgan fingerprint density at radius 3 is 2.36 bits per heavy atom. The summed E-state index contributed by atoms with van der Waals surface area (Å²) in [6.07, 6.45) is 0. The Hall–Kier alpha value is -1.65. The monoisotopic (exact) mass is 474 g/mol. The van der Waals surface area contributed by atoms with Crippen molar-refractivity contribution in [1.82, 2.24) is 10.6 Å². The van der Waals surface area contributed by atoms with Crippen molar-refractivity contribution in [1.29, 1.82) is 0 Å². The molecule has 0 saturated carbocycles. The quantitative estimate of drug-likeness (QED) is 0.340. The zero-order valence-corrected chi connectivity index (χ0v) is 17.1. The average molecular weight is 474 g/mol. The first kappa shape index (κ1) is 21.4. The van der Waals surface area contributed by atoms with Crippen LogP contribution < -0.4 is 15.8 Å². The summed E-state index contributed by atoms with van der Waals surface area (Å²) in [4.78, 5) is 4.58. The van der Waals surface area contributed by atoms with Crippen molar-refractivity contribution >= 4 is 40.0 Å². The van der Waals surface area contributed by atoms with Crippen LogP contribution >= 0.6 is 24.0 Å². The summed E-state index contributed by atoms with van der Waals surface area (Å²) in [5.41, 5.74) is 1.93. The van der Waals surface area contributed by atoms with Gasteiger partial charge in [-0.1, -0.05) is 42.5 Å². The third-order valence-corrected chi connectivity index (χ3v) is 4.20. The maximum Gasteiger partial charge on any atom is 0.238 e. The van der Waals surface area contributed by atoms with Crippen LogP contribution in [0.1, 0.15) is 18.1 Å². The number of primary sulfonamides is 1. The molecule has 4 N–H and O–H groups in total. The first-order valence-corrected chi connectivity index (χ1v) is 9.21.